The van der Waals surface area contributed by atoms with E-state index in [0.29, 0.717) is 12.0 Å². The molecule has 1 aliphatic rings. The largest absolute Gasteiger partial charge is 0.327 e. The van der Waals surface area contributed by atoms with Crippen LogP contribution in [0, 0.1) is 12.8 Å². The average Bonchev–Trinajstić information content (AvgIpc) is 2.67. The molecule has 0 radical (unpaired) electrons. The zero-order valence-corrected chi connectivity index (χ0v) is 11.0. The van der Waals surface area contributed by atoms with Crippen molar-refractivity contribution in [3.05, 3.63) is 16.1 Å². The number of rotatable bonds is 3. The number of aryl methyl sites for hydroxylation is 1. The molecule has 16 heavy (non-hydrogen) atoms. The summed E-state index contributed by atoms with van der Waals surface area (Å²) in [7, 11) is 0. The third kappa shape index (κ3) is 2.81. The minimum atomic E-state index is 0.402. The van der Waals surface area contributed by atoms with Gasteiger partial charge in [-0.25, -0.2) is 4.98 Å². The van der Waals surface area contributed by atoms with Crippen LogP contribution in [-0.2, 0) is 6.54 Å². The third-order valence-corrected chi connectivity index (χ3v) is 4.38. The van der Waals surface area contributed by atoms with Crippen LogP contribution in [0.5, 0.6) is 0 Å². The van der Waals surface area contributed by atoms with Crippen molar-refractivity contribution < 1.29 is 0 Å². The first-order valence-electron chi connectivity index (χ1n) is 6.08. The highest BCUT2D eigenvalue weighted by atomic mass is 32.1. The van der Waals surface area contributed by atoms with Crippen molar-refractivity contribution in [2.75, 3.05) is 13.1 Å². The summed E-state index contributed by atoms with van der Waals surface area (Å²) in [5, 5.41) is 3.37. The Morgan fingerprint density at radius 3 is 3.06 bits per heavy atom. The van der Waals surface area contributed by atoms with Gasteiger partial charge in [0.15, 0.2) is 0 Å². The number of aromatic nitrogens is 1. The van der Waals surface area contributed by atoms with E-state index in [9.17, 15) is 0 Å². The Hall–Kier alpha value is -0.450. The van der Waals surface area contributed by atoms with Crippen molar-refractivity contribution in [2.45, 2.75) is 39.3 Å². The normalized spacial score (nSPS) is 27.2. The van der Waals surface area contributed by atoms with Crippen LogP contribution in [0.25, 0.3) is 0 Å². The molecule has 0 amide bonds. The molecule has 2 unspecified atom stereocenters. The van der Waals surface area contributed by atoms with E-state index in [4.69, 9.17) is 5.73 Å². The summed E-state index contributed by atoms with van der Waals surface area (Å²) < 4.78 is 0. The molecule has 2 heterocycles. The Kier molecular flexibility index (Phi) is 3.95. The van der Waals surface area contributed by atoms with Crippen LogP contribution in [0.4, 0.5) is 0 Å². The quantitative estimate of drug-likeness (QED) is 0.877. The van der Waals surface area contributed by atoms with Crippen LogP contribution in [0.1, 0.15) is 30.5 Å². The van der Waals surface area contributed by atoms with E-state index in [1.807, 2.05) is 0 Å². The van der Waals surface area contributed by atoms with Crippen molar-refractivity contribution in [1.29, 1.82) is 0 Å². The van der Waals surface area contributed by atoms with E-state index in [2.05, 4.69) is 29.1 Å². The first-order valence-corrected chi connectivity index (χ1v) is 6.96. The maximum Gasteiger partial charge on any atom is 0.107 e. The molecule has 4 heteroatoms. The lowest BCUT2D eigenvalue weighted by atomic mass is 9.91. The highest BCUT2D eigenvalue weighted by molar-refractivity contribution is 7.09. The van der Waals surface area contributed by atoms with Crippen molar-refractivity contribution >= 4 is 11.3 Å². The molecule has 2 rings (SSSR count). The van der Waals surface area contributed by atoms with Gasteiger partial charge in [0.1, 0.15) is 5.01 Å². The zero-order chi connectivity index (χ0) is 11.5. The standard InChI is InChI=1S/C12H21N3S/c1-3-10-6-15(5-4-11(10)13)7-12-14-9(2)8-16-12/h8,10-11H,3-7,13H2,1-2H3. The highest BCUT2D eigenvalue weighted by Crippen LogP contribution is 2.21. The molecular formula is C12H21N3S. The second-order valence-electron chi connectivity index (χ2n) is 4.74. The molecule has 1 saturated heterocycles. The summed E-state index contributed by atoms with van der Waals surface area (Å²) in [6, 6.07) is 0.402. The molecule has 0 aromatic carbocycles. The van der Waals surface area contributed by atoms with Gasteiger partial charge in [0.2, 0.25) is 0 Å². The van der Waals surface area contributed by atoms with Crippen LogP contribution in [0.3, 0.4) is 0 Å². The van der Waals surface area contributed by atoms with E-state index < -0.39 is 0 Å². The second kappa shape index (κ2) is 5.25. The maximum atomic E-state index is 6.11. The maximum absolute atomic E-state index is 6.11. The third-order valence-electron chi connectivity index (χ3n) is 3.43. The van der Waals surface area contributed by atoms with Gasteiger partial charge in [0.25, 0.3) is 0 Å². The zero-order valence-electron chi connectivity index (χ0n) is 10.1. The molecule has 0 spiro atoms. The molecule has 90 valence electrons. The van der Waals surface area contributed by atoms with E-state index in [1.54, 1.807) is 11.3 Å². The van der Waals surface area contributed by atoms with Crippen molar-refractivity contribution in [1.82, 2.24) is 9.88 Å². The second-order valence-corrected chi connectivity index (χ2v) is 5.68. The van der Waals surface area contributed by atoms with Gasteiger partial charge in [-0.05, 0) is 19.3 Å². The Morgan fingerprint density at radius 2 is 2.44 bits per heavy atom. The number of thiazole rings is 1. The summed E-state index contributed by atoms with van der Waals surface area (Å²) in [6.07, 6.45) is 2.32. The minimum Gasteiger partial charge on any atom is -0.327 e. The Labute approximate surface area is 102 Å². The van der Waals surface area contributed by atoms with Crippen LogP contribution in [0.2, 0.25) is 0 Å². The highest BCUT2D eigenvalue weighted by Gasteiger charge is 2.25. The number of nitrogens with two attached hydrogens (primary N) is 1. The molecule has 1 aromatic rings. The molecule has 2 atom stereocenters. The number of piperidine rings is 1. The van der Waals surface area contributed by atoms with E-state index >= 15 is 0 Å². The predicted molar refractivity (Wildman–Crippen MR) is 68.5 cm³/mol. The van der Waals surface area contributed by atoms with Crippen LogP contribution < -0.4 is 5.73 Å². The Morgan fingerprint density at radius 1 is 1.62 bits per heavy atom. The fourth-order valence-corrected chi connectivity index (χ4v) is 3.18. The molecule has 1 aromatic heterocycles. The van der Waals surface area contributed by atoms with Crippen LogP contribution in [-0.4, -0.2) is 29.0 Å². The van der Waals surface area contributed by atoms with Gasteiger partial charge in [0.05, 0.1) is 6.54 Å². The Balaban J connectivity index is 1.91. The SMILES string of the molecule is CCC1CN(Cc2nc(C)cs2)CCC1N. The summed E-state index contributed by atoms with van der Waals surface area (Å²) in [4.78, 5) is 7.02. The van der Waals surface area contributed by atoms with Crippen molar-refractivity contribution in [3.63, 3.8) is 0 Å². The monoisotopic (exact) mass is 239 g/mol. The lowest BCUT2D eigenvalue weighted by Gasteiger charge is -2.36. The van der Waals surface area contributed by atoms with Crippen LogP contribution in [0.15, 0.2) is 5.38 Å². The van der Waals surface area contributed by atoms with Gasteiger partial charge in [-0.15, -0.1) is 11.3 Å². The molecule has 0 bridgehead atoms. The molecule has 1 aliphatic heterocycles. The predicted octanol–water partition coefficient (Wildman–Crippen LogP) is 2.01. The van der Waals surface area contributed by atoms with E-state index in [1.165, 1.54) is 11.4 Å². The first-order chi connectivity index (χ1) is 7.69. The summed E-state index contributed by atoms with van der Waals surface area (Å²) in [6.45, 7) is 7.55. The smallest absolute Gasteiger partial charge is 0.107 e. The van der Waals surface area contributed by atoms with Gasteiger partial charge in [0, 0.05) is 30.2 Å². The van der Waals surface area contributed by atoms with Gasteiger partial charge >= 0.3 is 0 Å². The average molecular weight is 239 g/mol. The van der Waals surface area contributed by atoms with Crippen LogP contribution >= 0.6 is 11.3 Å². The molecule has 3 nitrogen and oxygen atoms in total. The molecule has 1 fully saturated rings. The topological polar surface area (TPSA) is 42.2 Å². The summed E-state index contributed by atoms with van der Waals surface area (Å²) in [5.41, 5.74) is 7.25. The van der Waals surface area contributed by atoms with Gasteiger partial charge < -0.3 is 5.73 Å². The van der Waals surface area contributed by atoms with Crippen molar-refractivity contribution in [3.8, 4) is 0 Å². The molecular weight excluding hydrogens is 218 g/mol. The van der Waals surface area contributed by atoms with Gasteiger partial charge in [-0.3, -0.25) is 4.90 Å². The minimum absolute atomic E-state index is 0.402. The summed E-state index contributed by atoms with van der Waals surface area (Å²) >= 11 is 1.77. The lowest BCUT2D eigenvalue weighted by molar-refractivity contribution is 0.145. The van der Waals surface area contributed by atoms with E-state index in [-0.39, 0.29) is 0 Å². The lowest BCUT2D eigenvalue weighted by Crippen LogP contribution is -2.46. The number of hydrogen-bond donors (Lipinski definition) is 1. The number of likely N-dealkylation sites (tertiary alicyclic amines) is 1. The van der Waals surface area contributed by atoms with Gasteiger partial charge in [-0.2, -0.15) is 0 Å². The van der Waals surface area contributed by atoms with E-state index in [0.717, 1.165) is 31.7 Å². The molecule has 0 saturated carbocycles. The fraction of sp³-hybridized carbons (Fsp3) is 0.750. The number of hydrogen-bond acceptors (Lipinski definition) is 4. The fourth-order valence-electron chi connectivity index (χ4n) is 2.37. The first kappa shape index (κ1) is 12.0. The molecule has 2 N–H and O–H groups in total. The van der Waals surface area contributed by atoms with Crippen molar-refractivity contribution in [2.24, 2.45) is 11.7 Å². The number of nitrogens with zero attached hydrogens (tertiary/aromatic N) is 2. The van der Waals surface area contributed by atoms with Gasteiger partial charge in [-0.1, -0.05) is 13.3 Å². The molecule has 0 aliphatic carbocycles. The Bertz CT molecular complexity index is 337. The summed E-state index contributed by atoms with van der Waals surface area (Å²) in [5.74, 6) is 0.662.